The molecule has 1 amide bonds. The number of carbonyl (C=O) groups excluding carboxylic acids is 1. The van der Waals surface area contributed by atoms with Gasteiger partial charge in [0.2, 0.25) is 15.8 Å². The highest BCUT2D eigenvalue weighted by Crippen LogP contribution is 2.36. The molecular formula is C17H16N6O4S. The Morgan fingerprint density at radius 3 is 2.46 bits per heavy atom. The molecule has 1 aliphatic heterocycles. The fourth-order valence-corrected chi connectivity index (χ4v) is 3.98. The van der Waals surface area contributed by atoms with E-state index >= 15 is 0 Å². The van der Waals surface area contributed by atoms with Gasteiger partial charge in [-0.05, 0) is 34.9 Å². The highest BCUT2D eigenvalue weighted by atomic mass is 32.2. The van der Waals surface area contributed by atoms with Gasteiger partial charge in [-0.2, -0.15) is 5.21 Å². The zero-order valence-corrected chi connectivity index (χ0v) is 15.5. The van der Waals surface area contributed by atoms with Crippen molar-refractivity contribution < 1.29 is 17.9 Å². The predicted octanol–water partition coefficient (Wildman–Crippen LogP) is 1.35. The Morgan fingerprint density at radius 1 is 1.14 bits per heavy atom. The number of primary sulfonamides is 1. The molecule has 0 spiro atoms. The number of benzene rings is 2. The van der Waals surface area contributed by atoms with Crippen molar-refractivity contribution in [2.24, 2.45) is 5.14 Å². The first-order valence-corrected chi connectivity index (χ1v) is 9.86. The van der Waals surface area contributed by atoms with E-state index in [4.69, 9.17) is 9.88 Å². The van der Waals surface area contributed by atoms with Gasteiger partial charge in [0.1, 0.15) is 6.10 Å². The number of nitrogens with zero attached hydrogens (tertiary/aromatic N) is 3. The number of cyclic esters (lactones) is 1. The minimum absolute atomic E-state index is 0.0991. The Hall–Kier alpha value is -3.31. The van der Waals surface area contributed by atoms with E-state index < -0.39 is 22.2 Å². The van der Waals surface area contributed by atoms with Crippen LogP contribution in [0.25, 0.3) is 22.5 Å². The number of nitrogens with two attached hydrogens (primary N) is 1. The minimum atomic E-state index is -4.01. The first kappa shape index (κ1) is 18.1. The summed E-state index contributed by atoms with van der Waals surface area (Å²) in [6.07, 6.45) is -0.851. The molecule has 4 rings (SSSR count). The average molecular weight is 400 g/mol. The number of alkyl carbamates (subject to hydrolysis) is 1. The summed E-state index contributed by atoms with van der Waals surface area (Å²) in [7, 11) is -4.01. The van der Waals surface area contributed by atoms with Crippen LogP contribution < -0.4 is 10.5 Å². The second-order valence-electron chi connectivity index (χ2n) is 6.34. The largest absolute Gasteiger partial charge is 0.439 e. The minimum Gasteiger partial charge on any atom is -0.439 e. The van der Waals surface area contributed by atoms with Gasteiger partial charge in [-0.25, -0.2) is 18.4 Å². The molecule has 4 N–H and O–H groups in total. The molecular weight excluding hydrogens is 384 g/mol. The van der Waals surface area contributed by atoms with Gasteiger partial charge in [0, 0.05) is 0 Å². The molecule has 11 heteroatoms. The van der Waals surface area contributed by atoms with Crippen molar-refractivity contribution >= 4 is 16.1 Å². The Labute approximate surface area is 160 Å². The molecule has 1 fully saturated rings. The van der Waals surface area contributed by atoms with Crippen LogP contribution in [0.1, 0.15) is 18.6 Å². The van der Waals surface area contributed by atoms with Gasteiger partial charge in [-0.1, -0.05) is 36.4 Å². The van der Waals surface area contributed by atoms with Crippen LogP contribution in [0.15, 0.2) is 47.4 Å². The molecule has 0 unspecified atom stereocenters. The number of hydrogen-bond acceptors (Lipinski definition) is 7. The lowest BCUT2D eigenvalue weighted by atomic mass is 9.96. The summed E-state index contributed by atoms with van der Waals surface area (Å²) in [6.45, 7) is 1.85. The van der Waals surface area contributed by atoms with Crippen LogP contribution in [0.5, 0.6) is 0 Å². The standard InChI is InChI=1S/C17H16N6O4S/c1-9-15(27-17(24)19-9)11-7-5-10(6-8-11)12-3-2-4-13(28(18,25)26)14(12)16-20-22-23-21-16/h2-9,15H,1H3,(H,19,24)(H2,18,25,26)(H,20,21,22,23)/t9-,15+/m0/s1. The quantitative estimate of drug-likeness (QED) is 0.597. The van der Waals surface area contributed by atoms with Crippen LogP contribution in [-0.2, 0) is 14.8 Å². The average Bonchev–Trinajstić information content (AvgIpc) is 3.30. The lowest BCUT2D eigenvalue weighted by Crippen LogP contribution is -2.23. The van der Waals surface area contributed by atoms with Gasteiger partial charge in [-0.3, -0.25) is 0 Å². The maximum Gasteiger partial charge on any atom is 0.408 e. The number of sulfonamides is 1. The highest BCUT2D eigenvalue weighted by Gasteiger charge is 2.31. The van der Waals surface area contributed by atoms with E-state index in [0.717, 1.165) is 11.1 Å². The van der Waals surface area contributed by atoms with E-state index in [2.05, 4.69) is 25.9 Å². The van der Waals surface area contributed by atoms with Crippen molar-refractivity contribution in [1.82, 2.24) is 25.9 Å². The van der Waals surface area contributed by atoms with E-state index in [0.29, 0.717) is 5.56 Å². The molecule has 10 nitrogen and oxygen atoms in total. The Balaban J connectivity index is 1.81. The zero-order chi connectivity index (χ0) is 19.9. The summed E-state index contributed by atoms with van der Waals surface area (Å²) in [5.41, 5.74) is 2.38. The smallest absolute Gasteiger partial charge is 0.408 e. The normalized spacial score (nSPS) is 19.3. The number of hydrogen-bond donors (Lipinski definition) is 3. The molecule has 1 aromatic heterocycles. The summed E-state index contributed by atoms with van der Waals surface area (Å²) in [4.78, 5) is 11.3. The van der Waals surface area contributed by atoms with Crippen molar-refractivity contribution in [3.8, 4) is 22.5 Å². The maximum atomic E-state index is 12.1. The maximum absolute atomic E-state index is 12.1. The SMILES string of the molecule is C[C@@H]1NC(=O)O[C@H]1c1ccc(-c2cccc(S(N)(=O)=O)c2-c2nn[nH]n2)cc1. The fourth-order valence-electron chi connectivity index (χ4n) is 3.23. The van der Waals surface area contributed by atoms with Crippen LogP contribution >= 0.6 is 0 Å². The van der Waals surface area contributed by atoms with Crippen LogP contribution in [0.2, 0.25) is 0 Å². The first-order valence-electron chi connectivity index (χ1n) is 8.31. The van der Waals surface area contributed by atoms with Crippen molar-refractivity contribution in [2.75, 3.05) is 0 Å². The summed E-state index contributed by atoms with van der Waals surface area (Å²) < 4.78 is 29.4. The molecule has 2 aromatic carbocycles. The van der Waals surface area contributed by atoms with Crippen LogP contribution in [0.4, 0.5) is 4.79 Å². The molecule has 0 saturated carbocycles. The van der Waals surface area contributed by atoms with Crippen molar-refractivity contribution in [2.45, 2.75) is 24.0 Å². The third kappa shape index (κ3) is 3.21. The van der Waals surface area contributed by atoms with Crippen LogP contribution in [0.3, 0.4) is 0 Å². The molecule has 1 saturated heterocycles. The van der Waals surface area contributed by atoms with E-state index in [9.17, 15) is 13.2 Å². The first-order chi connectivity index (χ1) is 13.3. The van der Waals surface area contributed by atoms with Crippen LogP contribution in [0, 0.1) is 0 Å². The van der Waals surface area contributed by atoms with Gasteiger partial charge in [0.25, 0.3) is 0 Å². The number of ether oxygens (including phenoxy) is 1. The summed E-state index contributed by atoms with van der Waals surface area (Å²) in [5.74, 6) is 0.117. The molecule has 0 aliphatic carbocycles. The van der Waals surface area contributed by atoms with Crippen molar-refractivity contribution in [3.63, 3.8) is 0 Å². The van der Waals surface area contributed by atoms with E-state index in [1.165, 1.54) is 6.07 Å². The number of amides is 1. The number of carbonyl (C=O) groups is 1. The third-order valence-corrected chi connectivity index (χ3v) is 5.44. The van der Waals surface area contributed by atoms with Gasteiger partial charge >= 0.3 is 6.09 Å². The highest BCUT2D eigenvalue weighted by molar-refractivity contribution is 7.89. The monoisotopic (exact) mass is 400 g/mol. The number of nitrogens with one attached hydrogen (secondary N) is 2. The Kier molecular flexibility index (Phi) is 4.32. The van der Waals surface area contributed by atoms with Gasteiger partial charge in [-0.15, -0.1) is 10.2 Å². The number of H-pyrrole nitrogens is 1. The Bertz CT molecular complexity index is 1130. The Morgan fingerprint density at radius 2 is 1.89 bits per heavy atom. The van der Waals surface area contributed by atoms with Gasteiger partial charge in [0.05, 0.1) is 16.5 Å². The summed E-state index contributed by atoms with van der Waals surface area (Å²) in [6, 6.07) is 11.8. The lowest BCUT2D eigenvalue weighted by molar-refractivity contribution is 0.134. The molecule has 2 heterocycles. The predicted molar refractivity (Wildman–Crippen MR) is 98.2 cm³/mol. The van der Waals surface area contributed by atoms with Gasteiger partial charge < -0.3 is 10.1 Å². The lowest BCUT2D eigenvalue weighted by Gasteiger charge is -2.15. The van der Waals surface area contributed by atoms with Crippen molar-refractivity contribution in [3.05, 3.63) is 48.0 Å². The number of aromatic nitrogens is 4. The van der Waals surface area contributed by atoms with Gasteiger partial charge in [0.15, 0.2) is 0 Å². The third-order valence-electron chi connectivity index (χ3n) is 4.49. The zero-order valence-electron chi connectivity index (χ0n) is 14.7. The molecule has 0 bridgehead atoms. The number of tetrazole rings is 1. The van der Waals surface area contributed by atoms with E-state index in [1.54, 1.807) is 24.3 Å². The van der Waals surface area contributed by atoms with Crippen molar-refractivity contribution in [1.29, 1.82) is 0 Å². The second-order valence-corrected chi connectivity index (χ2v) is 7.87. The van der Waals surface area contributed by atoms with E-state index in [-0.39, 0.29) is 22.3 Å². The summed E-state index contributed by atoms with van der Waals surface area (Å²) in [5, 5.41) is 21.7. The number of aromatic amines is 1. The fraction of sp³-hybridized carbons (Fsp3) is 0.176. The van der Waals surface area contributed by atoms with Crippen LogP contribution in [-0.4, -0.2) is 41.2 Å². The molecule has 0 radical (unpaired) electrons. The molecule has 28 heavy (non-hydrogen) atoms. The molecule has 2 atom stereocenters. The summed E-state index contributed by atoms with van der Waals surface area (Å²) >= 11 is 0. The molecule has 1 aliphatic rings. The topological polar surface area (TPSA) is 153 Å². The van der Waals surface area contributed by atoms with E-state index in [1.807, 2.05) is 19.1 Å². The molecule has 3 aromatic rings. The number of rotatable bonds is 4. The second kappa shape index (κ2) is 6.69. The molecule has 144 valence electrons.